The molecule has 0 fully saturated rings. The molecule has 0 bridgehead atoms. The maximum absolute atomic E-state index is 12.1. The van der Waals surface area contributed by atoms with Crippen molar-refractivity contribution in [2.45, 2.75) is 16.7 Å². The number of aromatic hydroxyl groups is 1. The third-order valence-corrected chi connectivity index (χ3v) is 10.4. The first kappa shape index (κ1) is 39.4. The van der Waals surface area contributed by atoms with E-state index >= 15 is 0 Å². The van der Waals surface area contributed by atoms with E-state index in [4.69, 9.17) is 4.74 Å². The van der Waals surface area contributed by atoms with E-state index in [1.807, 2.05) is 0 Å². The summed E-state index contributed by atoms with van der Waals surface area (Å²) in [7, 11) is -12.5. The van der Waals surface area contributed by atoms with Crippen LogP contribution >= 0.6 is 7.60 Å². The molecule has 1 heterocycles. The molecule has 0 amide bonds. The second-order valence-electron chi connectivity index (χ2n) is 11.7. The van der Waals surface area contributed by atoms with Gasteiger partial charge in [-0.3, -0.25) is 13.7 Å². The fraction of sp³-hybridized carbons (Fsp3) is 0.0606. The minimum absolute atomic E-state index is 0.0222. The monoisotopic (exact) mass is 821 g/mol. The number of methoxy groups -OCH3 is 1. The van der Waals surface area contributed by atoms with Crippen molar-refractivity contribution in [2.24, 2.45) is 20.5 Å². The summed E-state index contributed by atoms with van der Waals surface area (Å²) in [5.41, 5.74) is 2.43. The normalized spacial score (nSPS) is 12.4. The molecule has 5 aromatic carbocycles. The van der Waals surface area contributed by atoms with Crippen LogP contribution in [0.4, 0.5) is 46.0 Å². The Hall–Kier alpha value is -6.26. The van der Waals surface area contributed by atoms with Crippen molar-refractivity contribution >= 4 is 89.9 Å². The van der Waals surface area contributed by atoms with Gasteiger partial charge in [-0.1, -0.05) is 12.1 Å². The number of hydrogen-bond acceptors (Lipinski definition) is 16. The molecule has 23 heteroatoms. The quantitative estimate of drug-likeness (QED) is 0.0385. The molecule has 56 heavy (non-hydrogen) atoms. The van der Waals surface area contributed by atoms with Gasteiger partial charge in [0.1, 0.15) is 10.6 Å². The van der Waals surface area contributed by atoms with Crippen LogP contribution < -0.4 is 20.7 Å². The molecule has 0 aliphatic rings. The number of anilines is 4. The van der Waals surface area contributed by atoms with E-state index in [1.54, 1.807) is 37.3 Å². The number of aryl methyl sites for hydroxylation is 1. The first-order valence-corrected chi connectivity index (χ1v) is 20.2. The molecule has 0 aliphatic heterocycles. The lowest BCUT2D eigenvalue weighted by atomic mass is 10.1. The third kappa shape index (κ3) is 9.51. The first-order chi connectivity index (χ1) is 26.3. The third-order valence-electron chi connectivity index (χ3n) is 7.68. The number of ether oxygens (including phenoxy) is 1. The number of fused-ring (bicyclic) bond motifs is 1. The molecule has 0 spiro atoms. The number of nitrogens with zero attached hydrogens (tertiary/aromatic N) is 7. The second kappa shape index (κ2) is 15.5. The van der Waals surface area contributed by atoms with Crippen molar-refractivity contribution in [3.63, 3.8) is 0 Å². The second-order valence-corrected chi connectivity index (χ2v) is 16.1. The highest BCUT2D eigenvalue weighted by Gasteiger charge is 2.20. The molecular weight excluding hydrogens is 794 g/mol. The smallest absolute Gasteiger partial charge is 0.356 e. The SMILES string of the molecule is COc1cc(N=Nc2cccc(P(=O)(O)O)c2)ccc1Nc1nc(O)nc(Nc2ccc(N=Nc3cc(S(=O)(=O)O)c4cc(S(=O)(=O)O)ccc4c3)c(C)c2)n1. The lowest BCUT2D eigenvalue weighted by Gasteiger charge is -2.12. The number of hydrogen-bond donors (Lipinski definition) is 7. The predicted octanol–water partition coefficient (Wildman–Crippen LogP) is 6.66. The summed E-state index contributed by atoms with van der Waals surface area (Å²) < 4.78 is 83.7. The summed E-state index contributed by atoms with van der Waals surface area (Å²) in [6.45, 7) is 1.72. The van der Waals surface area contributed by atoms with Gasteiger partial charge in [-0.15, -0.1) is 0 Å². The Kier molecular flexibility index (Phi) is 10.9. The molecule has 1 aromatic heterocycles. The standard InChI is InChI=1S/C33H28N9O11PS2/c1-18-12-20(7-10-27(18)42-41-23-13-19-6-9-25(55(47,48)49)17-26(19)30(16-23)56(50,51)52)34-31-36-32(38-33(43)37-31)35-28-11-8-22(15-29(28)53-2)40-39-21-4-3-5-24(14-21)54(44,45)46/h3-17H,1-2H3,(H2,44,45,46)(H,47,48,49)(H,50,51,52)(H3,34,35,36,37,38,43). The van der Waals surface area contributed by atoms with Crippen molar-refractivity contribution in [1.29, 1.82) is 0 Å². The molecule has 7 N–H and O–H groups in total. The summed E-state index contributed by atoms with van der Waals surface area (Å²) in [5.74, 6) is 0.198. The van der Waals surface area contributed by atoms with Gasteiger partial charge in [-0.25, -0.2) is 0 Å². The Labute approximate surface area is 317 Å². The fourth-order valence-electron chi connectivity index (χ4n) is 5.10. The van der Waals surface area contributed by atoms with Gasteiger partial charge >= 0.3 is 13.6 Å². The largest absolute Gasteiger partial charge is 0.494 e. The number of aromatic nitrogens is 3. The molecule has 20 nitrogen and oxygen atoms in total. The van der Waals surface area contributed by atoms with Crippen LogP contribution in [0, 0.1) is 6.92 Å². The molecule has 0 unspecified atom stereocenters. The lowest BCUT2D eigenvalue weighted by molar-refractivity contribution is 0.387. The summed E-state index contributed by atoms with van der Waals surface area (Å²) in [5, 5.41) is 32.5. The van der Waals surface area contributed by atoms with E-state index in [0.717, 1.165) is 18.2 Å². The van der Waals surface area contributed by atoms with E-state index in [2.05, 4.69) is 46.0 Å². The Balaban J connectivity index is 1.18. The van der Waals surface area contributed by atoms with Crippen LogP contribution in [0.5, 0.6) is 11.8 Å². The highest BCUT2D eigenvalue weighted by Crippen LogP contribution is 2.36. The maximum Gasteiger partial charge on any atom is 0.356 e. The first-order valence-electron chi connectivity index (χ1n) is 15.7. The number of nitrogens with one attached hydrogen (secondary N) is 2. The van der Waals surface area contributed by atoms with Crippen LogP contribution in [-0.4, -0.2) is 62.9 Å². The van der Waals surface area contributed by atoms with Crippen molar-refractivity contribution in [2.75, 3.05) is 17.7 Å². The van der Waals surface area contributed by atoms with Gasteiger partial charge in [0.05, 0.1) is 45.7 Å². The maximum atomic E-state index is 12.1. The van der Waals surface area contributed by atoms with E-state index in [1.165, 1.54) is 49.6 Å². The molecule has 0 radical (unpaired) electrons. The lowest BCUT2D eigenvalue weighted by Crippen LogP contribution is -2.04. The van der Waals surface area contributed by atoms with Crippen molar-refractivity contribution in [3.8, 4) is 11.8 Å². The van der Waals surface area contributed by atoms with Gasteiger partial charge in [-0.05, 0) is 90.7 Å². The number of rotatable bonds is 12. The molecule has 0 saturated heterocycles. The van der Waals surface area contributed by atoms with Gasteiger partial charge in [-0.2, -0.15) is 52.2 Å². The van der Waals surface area contributed by atoms with E-state index in [0.29, 0.717) is 34.1 Å². The molecule has 0 aliphatic carbocycles. The summed E-state index contributed by atoms with van der Waals surface area (Å²) in [6.07, 6.45) is 0. The zero-order valence-corrected chi connectivity index (χ0v) is 31.3. The Morgan fingerprint density at radius 1 is 0.714 bits per heavy atom. The zero-order chi connectivity index (χ0) is 40.4. The van der Waals surface area contributed by atoms with Gasteiger partial charge in [0.2, 0.25) is 11.9 Å². The van der Waals surface area contributed by atoms with Crippen LogP contribution in [-0.2, 0) is 24.8 Å². The van der Waals surface area contributed by atoms with E-state index in [-0.39, 0.29) is 39.3 Å². The van der Waals surface area contributed by atoms with E-state index in [9.17, 15) is 45.4 Å². The Morgan fingerprint density at radius 3 is 2.07 bits per heavy atom. The van der Waals surface area contributed by atoms with E-state index < -0.39 is 43.6 Å². The highest BCUT2D eigenvalue weighted by atomic mass is 32.2. The van der Waals surface area contributed by atoms with Gasteiger partial charge in [0.15, 0.2) is 0 Å². The van der Waals surface area contributed by atoms with Crippen LogP contribution in [0.25, 0.3) is 10.8 Å². The van der Waals surface area contributed by atoms with Crippen LogP contribution in [0.3, 0.4) is 0 Å². The average molecular weight is 822 g/mol. The molecular formula is C33H28N9O11PS2. The number of azo groups is 2. The van der Waals surface area contributed by atoms with Gasteiger partial charge < -0.3 is 30.3 Å². The molecule has 6 aromatic rings. The van der Waals surface area contributed by atoms with Crippen molar-refractivity contribution in [1.82, 2.24) is 15.0 Å². The minimum Gasteiger partial charge on any atom is -0.494 e. The van der Waals surface area contributed by atoms with Gasteiger partial charge in [0, 0.05) is 17.1 Å². The summed E-state index contributed by atoms with van der Waals surface area (Å²) >= 11 is 0. The van der Waals surface area contributed by atoms with Crippen LogP contribution in [0.2, 0.25) is 0 Å². The van der Waals surface area contributed by atoms with Crippen molar-refractivity contribution < 1.29 is 50.1 Å². The number of benzene rings is 5. The molecule has 0 saturated carbocycles. The van der Waals surface area contributed by atoms with Gasteiger partial charge in [0.25, 0.3) is 20.2 Å². The molecule has 288 valence electrons. The Bertz CT molecular complexity index is 2850. The van der Waals surface area contributed by atoms with Crippen LogP contribution in [0.1, 0.15) is 5.56 Å². The predicted molar refractivity (Wildman–Crippen MR) is 202 cm³/mol. The minimum atomic E-state index is -4.84. The summed E-state index contributed by atoms with van der Waals surface area (Å²) in [6, 6.07) is 20.1. The van der Waals surface area contributed by atoms with Crippen molar-refractivity contribution in [3.05, 3.63) is 96.6 Å². The van der Waals surface area contributed by atoms with Crippen LogP contribution in [0.15, 0.2) is 121 Å². The zero-order valence-electron chi connectivity index (χ0n) is 28.7. The highest BCUT2D eigenvalue weighted by molar-refractivity contribution is 7.86. The molecule has 0 atom stereocenters. The summed E-state index contributed by atoms with van der Waals surface area (Å²) in [4.78, 5) is 29.8. The average Bonchev–Trinajstić information content (AvgIpc) is 3.12. The fourth-order valence-corrected chi connectivity index (χ4v) is 6.91. The Morgan fingerprint density at radius 2 is 1.41 bits per heavy atom. The topological polar surface area (TPSA) is 308 Å². The molecule has 6 rings (SSSR count).